The molecule has 3 aromatic rings. The third kappa shape index (κ3) is 2.18. The molecule has 0 unspecified atom stereocenters. The molecule has 3 nitrogen and oxygen atoms in total. The Morgan fingerprint density at radius 2 is 1.90 bits per heavy atom. The van der Waals surface area contributed by atoms with E-state index in [9.17, 15) is 4.39 Å². The fraction of sp³-hybridized carbons (Fsp3) is 0.0667. The van der Waals surface area contributed by atoms with E-state index in [2.05, 4.69) is 15.3 Å². The Labute approximate surface area is 120 Å². The number of aromatic nitrogens is 2. The van der Waals surface area contributed by atoms with Crippen molar-refractivity contribution in [2.75, 3.05) is 12.4 Å². The molecule has 0 spiro atoms. The van der Waals surface area contributed by atoms with Gasteiger partial charge in [0, 0.05) is 17.5 Å². The lowest BCUT2D eigenvalue weighted by molar-refractivity contribution is 0.630. The molecule has 0 saturated heterocycles. The van der Waals surface area contributed by atoms with Gasteiger partial charge in [-0.3, -0.25) is 0 Å². The number of rotatable bonds is 2. The molecule has 0 fully saturated rings. The van der Waals surface area contributed by atoms with Crippen molar-refractivity contribution >= 4 is 28.3 Å². The SMILES string of the molecule is CNc1nc(-c2ccccc2F)nc2cc(Cl)ccc12. The molecule has 0 atom stereocenters. The number of anilines is 1. The van der Waals surface area contributed by atoms with E-state index in [1.807, 2.05) is 6.07 Å². The molecule has 0 saturated carbocycles. The molecular formula is C15H11ClFN3. The van der Waals surface area contributed by atoms with Gasteiger partial charge in [-0.15, -0.1) is 0 Å². The number of hydrogen-bond acceptors (Lipinski definition) is 3. The van der Waals surface area contributed by atoms with Crippen LogP contribution in [-0.2, 0) is 0 Å². The summed E-state index contributed by atoms with van der Waals surface area (Å²) in [5.41, 5.74) is 1.04. The van der Waals surface area contributed by atoms with Crippen LogP contribution in [0.15, 0.2) is 42.5 Å². The van der Waals surface area contributed by atoms with Crippen LogP contribution in [0.2, 0.25) is 5.02 Å². The molecule has 0 aliphatic carbocycles. The highest BCUT2D eigenvalue weighted by Gasteiger charge is 2.11. The summed E-state index contributed by atoms with van der Waals surface area (Å²) in [6, 6.07) is 11.8. The Kier molecular flexibility index (Phi) is 3.24. The van der Waals surface area contributed by atoms with Gasteiger partial charge in [0.25, 0.3) is 0 Å². The van der Waals surface area contributed by atoms with Crippen LogP contribution < -0.4 is 5.32 Å². The Bertz CT molecular complexity index is 789. The maximum Gasteiger partial charge on any atom is 0.165 e. The van der Waals surface area contributed by atoms with E-state index in [-0.39, 0.29) is 5.82 Å². The number of nitrogens with one attached hydrogen (secondary N) is 1. The topological polar surface area (TPSA) is 37.8 Å². The first-order valence-corrected chi connectivity index (χ1v) is 6.47. The summed E-state index contributed by atoms with van der Waals surface area (Å²) in [6.45, 7) is 0. The van der Waals surface area contributed by atoms with E-state index in [0.29, 0.717) is 27.7 Å². The van der Waals surface area contributed by atoms with Gasteiger partial charge in [-0.2, -0.15) is 0 Å². The third-order valence-electron chi connectivity index (χ3n) is 3.01. The van der Waals surface area contributed by atoms with Gasteiger partial charge in [-0.05, 0) is 30.3 Å². The Hall–Kier alpha value is -2.20. The largest absolute Gasteiger partial charge is 0.373 e. The van der Waals surface area contributed by atoms with Crippen molar-refractivity contribution < 1.29 is 4.39 Å². The van der Waals surface area contributed by atoms with Gasteiger partial charge in [0.15, 0.2) is 5.82 Å². The molecule has 0 radical (unpaired) electrons. The summed E-state index contributed by atoms with van der Waals surface area (Å²) < 4.78 is 13.9. The van der Waals surface area contributed by atoms with Crippen LogP contribution in [0.5, 0.6) is 0 Å². The lowest BCUT2D eigenvalue weighted by Crippen LogP contribution is -1.99. The van der Waals surface area contributed by atoms with Gasteiger partial charge in [0.1, 0.15) is 11.6 Å². The zero-order chi connectivity index (χ0) is 14.1. The second-order valence-electron chi connectivity index (χ2n) is 4.29. The molecule has 2 aromatic carbocycles. The van der Waals surface area contributed by atoms with Gasteiger partial charge < -0.3 is 5.32 Å². The predicted octanol–water partition coefficient (Wildman–Crippen LogP) is 4.13. The minimum Gasteiger partial charge on any atom is -0.373 e. The first-order chi connectivity index (χ1) is 9.69. The van der Waals surface area contributed by atoms with Crippen LogP contribution in [0.4, 0.5) is 10.2 Å². The second-order valence-corrected chi connectivity index (χ2v) is 4.72. The molecule has 20 heavy (non-hydrogen) atoms. The zero-order valence-corrected chi connectivity index (χ0v) is 11.4. The van der Waals surface area contributed by atoms with Crippen LogP contribution in [0, 0.1) is 5.82 Å². The maximum absolute atomic E-state index is 13.9. The third-order valence-corrected chi connectivity index (χ3v) is 3.25. The monoisotopic (exact) mass is 287 g/mol. The molecule has 100 valence electrons. The fourth-order valence-corrected chi connectivity index (χ4v) is 2.22. The maximum atomic E-state index is 13.9. The van der Waals surface area contributed by atoms with Crippen molar-refractivity contribution in [2.45, 2.75) is 0 Å². The van der Waals surface area contributed by atoms with Crippen LogP contribution in [0.1, 0.15) is 0 Å². The minimum absolute atomic E-state index is 0.335. The van der Waals surface area contributed by atoms with Crippen molar-refractivity contribution in [3.8, 4) is 11.4 Å². The van der Waals surface area contributed by atoms with Crippen molar-refractivity contribution in [1.29, 1.82) is 0 Å². The van der Waals surface area contributed by atoms with E-state index in [1.165, 1.54) is 6.07 Å². The first kappa shape index (κ1) is 12.8. The summed E-state index contributed by atoms with van der Waals surface area (Å²) in [6.07, 6.45) is 0. The average molecular weight is 288 g/mol. The normalized spacial score (nSPS) is 10.8. The molecule has 5 heteroatoms. The van der Waals surface area contributed by atoms with Crippen molar-refractivity contribution in [1.82, 2.24) is 9.97 Å². The van der Waals surface area contributed by atoms with Gasteiger partial charge in [0.05, 0.1) is 11.1 Å². The van der Waals surface area contributed by atoms with E-state index < -0.39 is 0 Å². The summed E-state index contributed by atoms with van der Waals surface area (Å²) in [5, 5.41) is 4.43. The van der Waals surface area contributed by atoms with E-state index in [4.69, 9.17) is 11.6 Å². The molecule has 0 aliphatic heterocycles. The fourth-order valence-electron chi connectivity index (χ4n) is 2.06. The second kappa shape index (κ2) is 5.06. The van der Waals surface area contributed by atoms with Crippen LogP contribution in [0.25, 0.3) is 22.3 Å². The average Bonchev–Trinajstić information content (AvgIpc) is 2.46. The van der Waals surface area contributed by atoms with Gasteiger partial charge >= 0.3 is 0 Å². The highest BCUT2D eigenvalue weighted by molar-refractivity contribution is 6.31. The van der Waals surface area contributed by atoms with Gasteiger partial charge in [0.2, 0.25) is 0 Å². The van der Waals surface area contributed by atoms with E-state index in [0.717, 1.165) is 5.39 Å². The summed E-state index contributed by atoms with van der Waals surface area (Å²) in [4.78, 5) is 8.78. The first-order valence-electron chi connectivity index (χ1n) is 6.09. The summed E-state index contributed by atoms with van der Waals surface area (Å²) in [5.74, 6) is 0.628. The molecule has 0 amide bonds. The van der Waals surface area contributed by atoms with E-state index in [1.54, 1.807) is 37.4 Å². The number of benzene rings is 2. The molecule has 0 bridgehead atoms. The molecule has 1 aromatic heterocycles. The highest BCUT2D eigenvalue weighted by Crippen LogP contribution is 2.27. The Balaban J connectivity index is 2.30. The van der Waals surface area contributed by atoms with Crippen molar-refractivity contribution in [3.63, 3.8) is 0 Å². The van der Waals surface area contributed by atoms with Gasteiger partial charge in [-0.1, -0.05) is 23.7 Å². The summed E-state index contributed by atoms with van der Waals surface area (Å²) >= 11 is 5.99. The molecule has 3 rings (SSSR count). The van der Waals surface area contributed by atoms with Crippen molar-refractivity contribution in [2.24, 2.45) is 0 Å². The number of halogens is 2. The smallest absolute Gasteiger partial charge is 0.165 e. The number of hydrogen-bond donors (Lipinski definition) is 1. The highest BCUT2D eigenvalue weighted by atomic mass is 35.5. The molecule has 0 aliphatic rings. The number of nitrogens with zero attached hydrogens (tertiary/aromatic N) is 2. The van der Waals surface area contributed by atoms with Crippen LogP contribution in [-0.4, -0.2) is 17.0 Å². The molecule has 1 heterocycles. The van der Waals surface area contributed by atoms with E-state index >= 15 is 0 Å². The van der Waals surface area contributed by atoms with Crippen LogP contribution in [0.3, 0.4) is 0 Å². The Morgan fingerprint density at radius 1 is 1.10 bits per heavy atom. The Morgan fingerprint density at radius 3 is 2.65 bits per heavy atom. The van der Waals surface area contributed by atoms with Crippen LogP contribution >= 0.6 is 11.6 Å². The summed E-state index contributed by atoms with van der Waals surface area (Å²) in [7, 11) is 1.77. The predicted molar refractivity (Wildman–Crippen MR) is 79.5 cm³/mol. The molecule has 1 N–H and O–H groups in total. The molecular weight excluding hydrogens is 277 g/mol. The number of fused-ring (bicyclic) bond motifs is 1. The van der Waals surface area contributed by atoms with Crippen molar-refractivity contribution in [3.05, 3.63) is 53.3 Å². The standard InChI is InChI=1S/C15H11ClFN3/c1-18-14-11-7-6-9(16)8-13(11)19-15(20-14)10-4-2-3-5-12(10)17/h2-8H,1H3,(H,18,19,20). The minimum atomic E-state index is -0.351. The van der Waals surface area contributed by atoms with Gasteiger partial charge in [-0.25, -0.2) is 14.4 Å². The zero-order valence-electron chi connectivity index (χ0n) is 10.7. The lowest BCUT2D eigenvalue weighted by Gasteiger charge is -2.09. The quantitative estimate of drug-likeness (QED) is 0.770. The lowest BCUT2D eigenvalue weighted by atomic mass is 10.1.